The van der Waals surface area contributed by atoms with Gasteiger partial charge in [-0.25, -0.2) is 4.79 Å². The summed E-state index contributed by atoms with van der Waals surface area (Å²) in [6.07, 6.45) is 0. The maximum absolute atomic E-state index is 12.6. The molecule has 3 aliphatic heterocycles. The molecule has 144 valence electrons. The van der Waals surface area contributed by atoms with E-state index in [-0.39, 0.29) is 18.5 Å². The zero-order valence-corrected chi connectivity index (χ0v) is 15.5. The number of methoxy groups -OCH3 is 2. The van der Waals surface area contributed by atoms with Crippen LogP contribution in [0.25, 0.3) is 0 Å². The smallest absolute Gasteiger partial charge is 0.337 e. The van der Waals surface area contributed by atoms with Crippen LogP contribution in [0.5, 0.6) is 23.0 Å². The van der Waals surface area contributed by atoms with Gasteiger partial charge in [0, 0.05) is 23.7 Å². The number of hydrogen-bond donors (Lipinski definition) is 1. The molecule has 2 aromatic carbocycles. The number of carbonyl (C=O) groups is 1. The van der Waals surface area contributed by atoms with Gasteiger partial charge < -0.3 is 29.0 Å². The zero-order valence-electron chi connectivity index (χ0n) is 15.5. The molecule has 2 aromatic rings. The van der Waals surface area contributed by atoms with Gasteiger partial charge in [0.15, 0.2) is 11.5 Å². The largest absolute Gasteiger partial charge is 0.497 e. The number of hydrogen-bond acceptors (Lipinski definition) is 7. The number of benzene rings is 2. The fraction of sp³-hybridized carbons (Fsp3) is 0.286. The second kappa shape index (κ2) is 6.37. The summed E-state index contributed by atoms with van der Waals surface area (Å²) in [7, 11) is 3.20. The van der Waals surface area contributed by atoms with E-state index in [4.69, 9.17) is 23.7 Å². The standard InChI is InChI=1S/C21H19NO6/c1-24-12-5-11(6-13(7-12)25-2)19-14-8-17-18(27-4-3-26-17)9-15(14)22-16-10-28-21(23)20(16)19/h5-9,19,22H,3-4,10H2,1-2H3. The fourth-order valence-corrected chi connectivity index (χ4v) is 3.92. The Balaban J connectivity index is 1.72. The third-order valence-corrected chi connectivity index (χ3v) is 5.20. The molecule has 3 aliphatic rings. The summed E-state index contributed by atoms with van der Waals surface area (Å²) in [4.78, 5) is 12.6. The predicted octanol–water partition coefficient (Wildman–Crippen LogP) is 2.84. The molecule has 1 N–H and O–H groups in total. The highest BCUT2D eigenvalue weighted by atomic mass is 16.6. The van der Waals surface area contributed by atoms with Gasteiger partial charge in [-0.3, -0.25) is 0 Å². The van der Waals surface area contributed by atoms with Crippen LogP contribution in [-0.4, -0.2) is 40.0 Å². The minimum absolute atomic E-state index is 0.222. The van der Waals surface area contributed by atoms with Crippen molar-refractivity contribution in [2.24, 2.45) is 0 Å². The highest BCUT2D eigenvalue weighted by molar-refractivity contribution is 5.97. The van der Waals surface area contributed by atoms with E-state index in [2.05, 4.69) is 5.32 Å². The summed E-state index contributed by atoms with van der Waals surface area (Å²) in [5, 5.41) is 3.33. The topological polar surface area (TPSA) is 75.3 Å². The van der Waals surface area contributed by atoms with Crippen molar-refractivity contribution in [3.63, 3.8) is 0 Å². The Morgan fingerprint density at radius 1 is 0.929 bits per heavy atom. The maximum Gasteiger partial charge on any atom is 0.337 e. The lowest BCUT2D eigenvalue weighted by molar-refractivity contribution is -0.136. The van der Waals surface area contributed by atoms with E-state index >= 15 is 0 Å². The average molecular weight is 381 g/mol. The van der Waals surface area contributed by atoms with Crippen molar-refractivity contribution in [3.8, 4) is 23.0 Å². The van der Waals surface area contributed by atoms with Crippen molar-refractivity contribution < 1.29 is 28.5 Å². The minimum atomic E-state index is -0.332. The highest BCUT2D eigenvalue weighted by Gasteiger charge is 2.39. The summed E-state index contributed by atoms with van der Waals surface area (Å²) < 4.78 is 27.7. The number of fused-ring (bicyclic) bond motifs is 2. The maximum atomic E-state index is 12.6. The Bertz CT molecular complexity index is 990. The number of esters is 1. The lowest BCUT2D eigenvalue weighted by Gasteiger charge is -2.30. The lowest BCUT2D eigenvalue weighted by Crippen LogP contribution is -2.22. The number of carbonyl (C=O) groups excluding carboxylic acids is 1. The van der Waals surface area contributed by atoms with Crippen molar-refractivity contribution in [1.29, 1.82) is 0 Å². The zero-order chi connectivity index (χ0) is 19.3. The number of anilines is 1. The van der Waals surface area contributed by atoms with Gasteiger partial charge in [0.1, 0.15) is 31.3 Å². The van der Waals surface area contributed by atoms with Gasteiger partial charge in [-0.2, -0.15) is 0 Å². The molecule has 28 heavy (non-hydrogen) atoms. The molecular formula is C21H19NO6. The van der Waals surface area contributed by atoms with Crippen molar-refractivity contribution in [3.05, 3.63) is 52.7 Å². The summed E-state index contributed by atoms with van der Waals surface area (Å²) >= 11 is 0. The molecule has 1 atom stereocenters. The third-order valence-electron chi connectivity index (χ3n) is 5.20. The second-order valence-corrected chi connectivity index (χ2v) is 6.76. The first kappa shape index (κ1) is 16.8. The molecule has 0 amide bonds. The molecule has 3 heterocycles. The van der Waals surface area contributed by atoms with E-state index in [1.54, 1.807) is 20.3 Å². The number of nitrogens with one attached hydrogen (secondary N) is 1. The number of cyclic esters (lactones) is 1. The molecule has 0 bridgehead atoms. The van der Waals surface area contributed by atoms with Crippen LogP contribution in [0.1, 0.15) is 17.0 Å². The highest BCUT2D eigenvalue weighted by Crippen LogP contribution is 2.49. The van der Waals surface area contributed by atoms with Gasteiger partial charge in [-0.1, -0.05) is 0 Å². The first-order valence-electron chi connectivity index (χ1n) is 9.01. The molecule has 7 nitrogen and oxygen atoms in total. The van der Waals surface area contributed by atoms with E-state index in [0.29, 0.717) is 41.8 Å². The van der Waals surface area contributed by atoms with Gasteiger partial charge in [-0.15, -0.1) is 0 Å². The monoisotopic (exact) mass is 381 g/mol. The van der Waals surface area contributed by atoms with E-state index in [1.165, 1.54) is 0 Å². The lowest BCUT2D eigenvalue weighted by atomic mass is 9.81. The van der Waals surface area contributed by atoms with Gasteiger partial charge in [-0.05, 0) is 29.3 Å². The van der Waals surface area contributed by atoms with E-state index < -0.39 is 0 Å². The summed E-state index contributed by atoms with van der Waals surface area (Å²) in [5.74, 6) is 2.01. The third kappa shape index (κ3) is 2.54. The Kier molecular flexibility index (Phi) is 3.82. The first-order chi connectivity index (χ1) is 13.7. The molecule has 0 saturated carbocycles. The van der Waals surface area contributed by atoms with Gasteiger partial charge in [0.05, 0.1) is 25.5 Å². The molecule has 5 rings (SSSR count). The average Bonchev–Trinajstić information content (AvgIpc) is 3.10. The van der Waals surface area contributed by atoms with Crippen LogP contribution >= 0.6 is 0 Å². The number of rotatable bonds is 3. The van der Waals surface area contributed by atoms with Crippen molar-refractivity contribution in [1.82, 2.24) is 0 Å². The Labute approximate surface area is 161 Å². The normalized spacial score (nSPS) is 19.4. The first-order valence-corrected chi connectivity index (χ1v) is 9.01. The van der Waals surface area contributed by atoms with Gasteiger partial charge in [0.2, 0.25) is 0 Å². The van der Waals surface area contributed by atoms with E-state index in [9.17, 15) is 4.79 Å². The molecule has 0 aliphatic carbocycles. The minimum Gasteiger partial charge on any atom is -0.497 e. The molecule has 1 unspecified atom stereocenters. The van der Waals surface area contributed by atoms with Gasteiger partial charge >= 0.3 is 5.97 Å². The second-order valence-electron chi connectivity index (χ2n) is 6.76. The van der Waals surface area contributed by atoms with Crippen molar-refractivity contribution in [2.75, 3.05) is 39.4 Å². The quantitative estimate of drug-likeness (QED) is 0.820. The Morgan fingerprint density at radius 2 is 1.61 bits per heavy atom. The fourth-order valence-electron chi connectivity index (χ4n) is 3.92. The molecule has 0 radical (unpaired) electrons. The van der Waals surface area contributed by atoms with Crippen molar-refractivity contribution >= 4 is 11.7 Å². The van der Waals surface area contributed by atoms with Crippen LogP contribution in [0.15, 0.2) is 41.6 Å². The SMILES string of the molecule is COc1cc(OC)cc(C2C3=C(COC3=O)Nc3cc4c(cc32)OCCO4)c1. The van der Waals surface area contributed by atoms with Crippen LogP contribution in [0.4, 0.5) is 5.69 Å². The van der Waals surface area contributed by atoms with Gasteiger partial charge in [0.25, 0.3) is 0 Å². The summed E-state index contributed by atoms with van der Waals surface area (Å²) in [6, 6.07) is 9.48. The van der Waals surface area contributed by atoms with Crippen LogP contribution in [0.3, 0.4) is 0 Å². The predicted molar refractivity (Wildman–Crippen MR) is 100 cm³/mol. The molecule has 0 spiro atoms. The van der Waals surface area contributed by atoms with E-state index in [0.717, 1.165) is 22.5 Å². The Hall–Kier alpha value is -3.35. The Morgan fingerprint density at radius 3 is 2.29 bits per heavy atom. The summed E-state index contributed by atoms with van der Waals surface area (Å²) in [5.41, 5.74) is 4.02. The van der Waals surface area contributed by atoms with Crippen LogP contribution in [0, 0.1) is 0 Å². The van der Waals surface area contributed by atoms with Crippen LogP contribution in [-0.2, 0) is 9.53 Å². The van der Waals surface area contributed by atoms with Crippen molar-refractivity contribution in [2.45, 2.75) is 5.92 Å². The van der Waals surface area contributed by atoms with E-state index in [1.807, 2.05) is 24.3 Å². The number of ether oxygens (including phenoxy) is 5. The molecular weight excluding hydrogens is 362 g/mol. The molecule has 0 aromatic heterocycles. The molecule has 0 fully saturated rings. The summed E-state index contributed by atoms with van der Waals surface area (Å²) in [6.45, 7) is 1.23. The van der Waals surface area contributed by atoms with Crippen LogP contribution < -0.4 is 24.3 Å². The molecule has 7 heteroatoms. The van der Waals surface area contributed by atoms with Crippen LogP contribution in [0.2, 0.25) is 0 Å². The molecule has 0 saturated heterocycles.